The van der Waals surface area contributed by atoms with Crippen LogP contribution in [0.3, 0.4) is 0 Å². The van der Waals surface area contributed by atoms with Crippen LogP contribution in [-0.2, 0) is 9.47 Å². The van der Waals surface area contributed by atoms with Gasteiger partial charge in [-0.3, -0.25) is 0 Å². The second kappa shape index (κ2) is 26.0. The third-order valence-corrected chi connectivity index (χ3v) is 7.37. The van der Waals surface area contributed by atoms with E-state index in [1.165, 1.54) is 128 Å². The molecule has 0 bridgehead atoms. The van der Waals surface area contributed by atoms with Gasteiger partial charge in [-0.2, -0.15) is 0 Å². The standard InChI is InChI=1S/C33H63NO2/c1-4-6-8-10-12-14-16-18-20-22-24-26-28-35-32-30-34(3)31-33(32)36-29-27-25-23-21-19-17-15-13-11-9-7-5-2/h10-13,32-33H,4-9,14-31H2,1-3H3/t32-,33-/m1/s1. The maximum absolute atomic E-state index is 6.26. The molecule has 36 heavy (non-hydrogen) atoms. The van der Waals surface area contributed by atoms with Gasteiger partial charge in [-0.25, -0.2) is 0 Å². The van der Waals surface area contributed by atoms with Crippen molar-refractivity contribution < 1.29 is 9.47 Å². The Morgan fingerprint density at radius 1 is 0.500 bits per heavy atom. The summed E-state index contributed by atoms with van der Waals surface area (Å²) in [5, 5.41) is 0. The Kier molecular flexibility index (Phi) is 24.1. The van der Waals surface area contributed by atoms with Gasteiger partial charge in [0.1, 0.15) is 0 Å². The van der Waals surface area contributed by atoms with Crippen LogP contribution in [0.15, 0.2) is 24.3 Å². The molecular weight excluding hydrogens is 442 g/mol. The van der Waals surface area contributed by atoms with Gasteiger partial charge in [-0.1, -0.05) is 115 Å². The number of ether oxygens (including phenoxy) is 2. The van der Waals surface area contributed by atoms with Crippen LogP contribution in [0.1, 0.15) is 142 Å². The molecule has 0 aromatic rings. The first-order valence-corrected chi connectivity index (χ1v) is 16.0. The number of likely N-dealkylation sites (N-methyl/N-ethyl adjacent to an activating group) is 1. The van der Waals surface area contributed by atoms with E-state index in [4.69, 9.17) is 9.47 Å². The Balaban J connectivity index is 1.92. The molecule has 1 heterocycles. The second-order valence-electron chi connectivity index (χ2n) is 11.1. The number of rotatable bonds is 26. The first kappa shape index (κ1) is 33.4. The van der Waals surface area contributed by atoms with Gasteiger partial charge in [0.25, 0.3) is 0 Å². The SMILES string of the molecule is CCCCC=CCCCCCCCCO[C@@H]1CN(C)C[C@H]1OCCCCCCCCC=CCCCC. The fourth-order valence-electron chi connectivity index (χ4n) is 4.97. The topological polar surface area (TPSA) is 21.7 Å². The maximum Gasteiger partial charge on any atom is 0.0975 e. The van der Waals surface area contributed by atoms with E-state index in [9.17, 15) is 0 Å². The number of nitrogens with zero attached hydrogens (tertiary/aromatic N) is 1. The minimum Gasteiger partial charge on any atom is -0.374 e. The zero-order chi connectivity index (χ0) is 25.9. The maximum atomic E-state index is 6.26. The highest BCUT2D eigenvalue weighted by Gasteiger charge is 2.32. The van der Waals surface area contributed by atoms with E-state index < -0.39 is 0 Å². The highest BCUT2D eigenvalue weighted by atomic mass is 16.5. The number of likely N-dealkylation sites (tertiary alicyclic amines) is 1. The molecule has 1 aliphatic rings. The van der Waals surface area contributed by atoms with Crippen LogP contribution in [0, 0.1) is 0 Å². The van der Waals surface area contributed by atoms with E-state index in [1.807, 2.05) is 0 Å². The average molecular weight is 506 g/mol. The van der Waals surface area contributed by atoms with Crippen LogP contribution in [0.2, 0.25) is 0 Å². The number of hydrogen-bond acceptors (Lipinski definition) is 3. The Hall–Kier alpha value is -0.640. The molecule has 212 valence electrons. The van der Waals surface area contributed by atoms with Gasteiger partial charge in [0, 0.05) is 26.3 Å². The molecule has 0 radical (unpaired) electrons. The first-order valence-electron chi connectivity index (χ1n) is 16.0. The van der Waals surface area contributed by atoms with Crippen molar-refractivity contribution >= 4 is 0 Å². The molecule has 0 spiro atoms. The molecule has 0 aromatic carbocycles. The third kappa shape index (κ3) is 20.4. The van der Waals surface area contributed by atoms with Crippen molar-refractivity contribution in [2.75, 3.05) is 33.4 Å². The molecule has 1 aliphatic heterocycles. The largest absolute Gasteiger partial charge is 0.374 e. The lowest BCUT2D eigenvalue weighted by molar-refractivity contribution is -0.0481. The van der Waals surface area contributed by atoms with E-state index in [0.717, 1.165) is 26.3 Å². The van der Waals surface area contributed by atoms with E-state index in [1.54, 1.807) is 0 Å². The van der Waals surface area contributed by atoms with E-state index >= 15 is 0 Å². The minimum absolute atomic E-state index is 0.264. The minimum atomic E-state index is 0.264. The Morgan fingerprint density at radius 3 is 1.22 bits per heavy atom. The van der Waals surface area contributed by atoms with Gasteiger partial charge >= 0.3 is 0 Å². The molecule has 2 atom stereocenters. The fourth-order valence-corrected chi connectivity index (χ4v) is 4.97. The van der Waals surface area contributed by atoms with Crippen LogP contribution < -0.4 is 0 Å². The molecule has 0 unspecified atom stereocenters. The predicted octanol–water partition coefficient (Wildman–Crippen LogP) is 9.66. The lowest BCUT2D eigenvalue weighted by atomic mass is 10.1. The van der Waals surface area contributed by atoms with E-state index in [2.05, 4.69) is 50.1 Å². The molecule has 3 heteroatoms. The van der Waals surface area contributed by atoms with Gasteiger partial charge in [-0.15, -0.1) is 0 Å². The summed E-state index contributed by atoms with van der Waals surface area (Å²) in [6, 6.07) is 0. The summed E-state index contributed by atoms with van der Waals surface area (Å²) < 4.78 is 12.5. The monoisotopic (exact) mass is 505 g/mol. The molecule has 0 aromatic heterocycles. The van der Waals surface area contributed by atoms with Crippen molar-refractivity contribution in [3.05, 3.63) is 24.3 Å². The highest BCUT2D eigenvalue weighted by molar-refractivity contribution is 4.84. The zero-order valence-corrected chi connectivity index (χ0v) is 24.7. The highest BCUT2D eigenvalue weighted by Crippen LogP contribution is 2.17. The zero-order valence-electron chi connectivity index (χ0n) is 24.7. The number of unbranched alkanes of at least 4 members (excludes halogenated alkanes) is 16. The molecule has 0 amide bonds. The fraction of sp³-hybridized carbons (Fsp3) is 0.879. The number of allylic oxidation sites excluding steroid dienone is 4. The van der Waals surface area contributed by atoms with Crippen LogP contribution in [-0.4, -0.2) is 50.5 Å². The van der Waals surface area contributed by atoms with E-state index in [-0.39, 0.29) is 12.2 Å². The molecule has 1 fully saturated rings. The smallest absolute Gasteiger partial charge is 0.0975 e. The van der Waals surface area contributed by atoms with Crippen molar-refractivity contribution in [1.29, 1.82) is 0 Å². The molecule has 0 saturated carbocycles. The lowest BCUT2D eigenvalue weighted by Crippen LogP contribution is -2.30. The van der Waals surface area contributed by atoms with Gasteiger partial charge < -0.3 is 14.4 Å². The van der Waals surface area contributed by atoms with Gasteiger partial charge in [0.15, 0.2) is 0 Å². The van der Waals surface area contributed by atoms with Gasteiger partial charge in [-0.05, 0) is 58.4 Å². The third-order valence-electron chi connectivity index (χ3n) is 7.37. The van der Waals surface area contributed by atoms with Crippen molar-refractivity contribution in [2.24, 2.45) is 0 Å². The van der Waals surface area contributed by atoms with Crippen LogP contribution in [0.5, 0.6) is 0 Å². The van der Waals surface area contributed by atoms with Crippen LogP contribution in [0.4, 0.5) is 0 Å². The van der Waals surface area contributed by atoms with Crippen molar-refractivity contribution in [1.82, 2.24) is 4.90 Å². The predicted molar refractivity (Wildman–Crippen MR) is 159 cm³/mol. The first-order chi connectivity index (χ1) is 17.8. The summed E-state index contributed by atoms with van der Waals surface area (Å²) in [6.45, 7) is 8.35. The second-order valence-corrected chi connectivity index (χ2v) is 11.1. The van der Waals surface area contributed by atoms with Crippen molar-refractivity contribution in [3.8, 4) is 0 Å². The van der Waals surface area contributed by atoms with E-state index in [0.29, 0.717) is 0 Å². The van der Waals surface area contributed by atoms with Crippen molar-refractivity contribution in [2.45, 2.75) is 154 Å². The van der Waals surface area contributed by atoms with Gasteiger partial charge in [0.2, 0.25) is 0 Å². The molecular formula is C33H63NO2. The summed E-state index contributed by atoms with van der Waals surface area (Å²) in [5.74, 6) is 0. The van der Waals surface area contributed by atoms with Gasteiger partial charge in [0.05, 0.1) is 12.2 Å². The molecule has 1 rings (SSSR count). The average Bonchev–Trinajstić information content (AvgIpc) is 3.23. The summed E-state index contributed by atoms with van der Waals surface area (Å²) in [5.41, 5.74) is 0. The molecule has 3 nitrogen and oxygen atoms in total. The Labute approximate surface area is 226 Å². The summed E-state index contributed by atoms with van der Waals surface area (Å²) in [7, 11) is 2.19. The summed E-state index contributed by atoms with van der Waals surface area (Å²) in [4.78, 5) is 2.36. The van der Waals surface area contributed by atoms with Crippen LogP contribution >= 0.6 is 0 Å². The Morgan fingerprint density at radius 2 is 0.833 bits per heavy atom. The quantitative estimate of drug-likeness (QED) is 0.0862. The van der Waals surface area contributed by atoms with Crippen LogP contribution in [0.25, 0.3) is 0 Å². The summed E-state index contributed by atoms with van der Waals surface area (Å²) >= 11 is 0. The summed E-state index contributed by atoms with van der Waals surface area (Å²) in [6.07, 6.45) is 36.2. The Bertz CT molecular complexity index is 460. The normalized spacial score (nSPS) is 18.9. The van der Waals surface area contributed by atoms with Crippen molar-refractivity contribution in [3.63, 3.8) is 0 Å². The molecule has 0 aliphatic carbocycles. The number of hydrogen-bond donors (Lipinski definition) is 0. The lowest BCUT2D eigenvalue weighted by Gasteiger charge is -2.20. The molecule has 0 N–H and O–H groups in total. The molecule has 1 saturated heterocycles.